The number of amides is 4. The van der Waals surface area contributed by atoms with E-state index in [1.807, 2.05) is 36.8 Å². The topological polar surface area (TPSA) is 69.5 Å². The maximum atomic E-state index is 12.9. The van der Waals surface area contributed by atoms with E-state index < -0.39 is 11.3 Å². The summed E-state index contributed by atoms with van der Waals surface area (Å²) in [5, 5.41) is 6.23. The molecule has 0 radical (unpaired) electrons. The minimum atomic E-state index is -0.438. The zero-order valence-corrected chi connectivity index (χ0v) is 16.4. The molecule has 0 saturated carbocycles. The van der Waals surface area contributed by atoms with Crippen LogP contribution < -0.4 is 5.32 Å². The summed E-state index contributed by atoms with van der Waals surface area (Å²) < 4.78 is 1.44. The summed E-state index contributed by atoms with van der Waals surface area (Å²) in [7, 11) is 0. The third kappa shape index (κ3) is 3.91. The predicted molar refractivity (Wildman–Crippen MR) is 104 cm³/mol. The van der Waals surface area contributed by atoms with Crippen LogP contribution in [0.5, 0.6) is 0 Å². The minimum Gasteiger partial charge on any atom is -0.350 e. The van der Waals surface area contributed by atoms with Gasteiger partial charge in [-0.1, -0.05) is 13.0 Å². The lowest BCUT2D eigenvalue weighted by atomic mass is 10.1. The van der Waals surface area contributed by atoms with Gasteiger partial charge in [-0.2, -0.15) is 14.3 Å². The Morgan fingerprint density at radius 2 is 2.23 bits per heavy atom. The fourth-order valence-corrected chi connectivity index (χ4v) is 4.52. The molecule has 4 amide bonds. The summed E-state index contributed by atoms with van der Waals surface area (Å²) in [6.07, 6.45) is 3.21. The molecule has 2 aliphatic heterocycles. The van der Waals surface area contributed by atoms with Gasteiger partial charge in [0.15, 0.2) is 11.8 Å². The average Bonchev–Trinajstić information content (AvgIpc) is 3.30. The highest BCUT2D eigenvalue weighted by molar-refractivity contribution is 8.04. The lowest BCUT2D eigenvalue weighted by Crippen LogP contribution is -2.57. The molecule has 0 bridgehead atoms. The molecular weight excluding hydrogens is 370 g/mol. The van der Waals surface area contributed by atoms with Gasteiger partial charge in [0.05, 0.1) is 0 Å². The van der Waals surface area contributed by atoms with Crippen LogP contribution in [0, 0.1) is 0 Å². The number of hydrogen-bond acceptors (Lipinski definition) is 5. The molecule has 1 aromatic rings. The molecule has 1 aromatic heterocycles. The Kier molecular flexibility index (Phi) is 5.93. The first-order chi connectivity index (χ1) is 12.5. The van der Waals surface area contributed by atoms with E-state index >= 15 is 0 Å². The van der Waals surface area contributed by atoms with Crippen molar-refractivity contribution < 1.29 is 19.0 Å². The Hall–Kier alpha value is -1.93. The predicted octanol–water partition coefficient (Wildman–Crippen LogP) is 2.25. The summed E-state index contributed by atoms with van der Waals surface area (Å²) >= 11 is 2.99. The van der Waals surface area contributed by atoms with Crippen molar-refractivity contribution in [3.05, 3.63) is 33.9 Å². The van der Waals surface area contributed by atoms with Crippen LogP contribution in [0.15, 0.2) is 29.0 Å². The number of carbonyl (C=O) groups is 3. The summed E-state index contributed by atoms with van der Waals surface area (Å²) in [6.45, 7) is 4.17. The van der Waals surface area contributed by atoms with Gasteiger partial charge in [0.1, 0.15) is 12.3 Å². The van der Waals surface area contributed by atoms with E-state index in [1.165, 1.54) is 21.2 Å². The van der Waals surface area contributed by atoms with Crippen molar-refractivity contribution in [1.29, 1.82) is 0 Å². The highest BCUT2D eigenvalue weighted by Crippen LogP contribution is 2.28. The lowest BCUT2D eigenvalue weighted by molar-refractivity contribution is -0.426. The van der Waals surface area contributed by atoms with Crippen molar-refractivity contribution in [2.24, 2.45) is 0 Å². The molecule has 3 rings (SSSR count). The van der Waals surface area contributed by atoms with Gasteiger partial charge >= 0.3 is 11.9 Å². The van der Waals surface area contributed by atoms with E-state index in [0.29, 0.717) is 18.7 Å². The van der Waals surface area contributed by atoms with E-state index in [-0.39, 0.29) is 24.4 Å². The van der Waals surface area contributed by atoms with Crippen molar-refractivity contribution in [3.63, 3.8) is 0 Å². The number of hydrogen-bond donors (Lipinski definition) is 1. The number of thiophene rings is 1. The molecule has 8 heteroatoms. The summed E-state index contributed by atoms with van der Waals surface area (Å²) in [5.74, 6) is -0.410. The number of nitrogens with one attached hydrogen (secondary N) is 1. The number of fused-ring (bicyclic) bond motifs is 1. The summed E-state index contributed by atoms with van der Waals surface area (Å²) in [4.78, 5) is 40.4. The number of carbonyl (C=O) groups excluding carboxylic acids is 3. The maximum Gasteiger partial charge on any atom is 0.501 e. The van der Waals surface area contributed by atoms with Crippen LogP contribution in [0.4, 0.5) is 4.79 Å². The maximum absolute atomic E-state index is 12.9. The molecule has 0 fully saturated rings. The number of thioether (sulfide) groups is 1. The molecule has 6 nitrogen and oxygen atoms in total. The Morgan fingerprint density at radius 1 is 1.42 bits per heavy atom. The van der Waals surface area contributed by atoms with Crippen molar-refractivity contribution in [3.8, 4) is 0 Å². The number of imide groups is 1. The van der Waals surface area contributed by atoms with Crippen LogP contribution >= 0.6 is 23.1 Å². The van der Waals surface area contributed by atoms with Gasteiger partial charge in [0.2, 0.25) is 0 Å². The quantitative estimate of drug-likeness (QED) is 0.723. The van der Waals surface area contributed by atoms with Crippen molar-refractivity contribution in [2.75, 3.05) is 13.1 Å². The first kappa shape index (κ1) is 18.8. The van der Waals surface area contributed by atoms with Crippen molar-refractivity contribution >= 4 is 46.7 Å². The zero-order valence-electron chi connectivity index (χ0n) is 14.8. The Morgan fingerprint density at radius 3 is 2.92 bits per heavy atom. The summed E-state index contributed by atoms with van der Waals surface area (Å²) in [6, 6.07) is 3.58. The van der Waals surface area contributed by atoms with Gasteiger partial charge in [0.25, 0.3) is 5.91 Å². The van der Waals surface area contributed by atoms with Gasteiger partial charge in [-0.15, -0.1) is 23.1 Å². The van der Waals surface area contributed by atoms with Crippen LogP contribution in [-0.2, 0) is 16.0 Å². The van der Waals surface area contributed by atoms with Crippen LogP contribution in [-0.4, -0.2) is 57.4 Å². The van der Waals surface area contributed by atoms with E-state index in [9.17, 15) is 14.4 Å². The molecule has 26 heavy (non-hydrogen) atoms. The fraction of sp³-hybridized carbons (Fsp3) is 0.444. The lowest BCUT2D eigenvalue weighted by Gasteiger charge is -2.24. The molecule has 138 valence electrons. The third-order valence-corrected chi connectivity index (χ3v) is 6.41. The fourth-order valence-electron chi connectivity index (χ4n) is 2.86. The zero-order chi connectivity index (χ0) is 18.7. The van der Waals surface area contributed by atoms with E-state index in [2.05, 4.69) is 5.32 Å². The number of urea groups is 1. The molecule has 2 atom stereocenters. The second-order valence-electron chi connectivity index (χ2n) is 6.31. The number of nitrogens with zero attached hydrogens (tertiary/aromatic N) is 2. The Balaban J connectivity index is 1.78. The van der Waals surface area contributed by atoms with Crippen LogP contribution in [0.1, 0.15) is 25.1 Å². The van der Waals surface area contributed by atoms with Crippen molar-refractivity contribution in [2.45, 2.75) is 38.0 Å². The molecule has 3 heterocycles. The second kappa shape index (κ2) is 8.18. The monoisotopic (exact) mass is 392 g/mol. The minimum absolute atomic E-state index is 0.0493. The normalized spacial score (nSPS) is 20.5. The van der Waals surface area contributed by atoms with Gasteiger partial charge in [-0.05, 0) is 36.3 Å². The van der Waals surface area contributed by atoms with Gasteiger partial charge < -0.3 is 5.32 Å². The summed E-state index contributed by atoms with van der Waals surface area (Å²) in [5.41, 5.74) is 0.608. The van der Waals surface area contributed by atoms with E-state index in [4.69, 9.17) is 0 Å². The first-order valence-corrected chi connectivity index (χ1v) is 10.5. The van der Waals surface area contributed by atoms with E-state index in [0.717, 1.165) is 11.3 Å². The second-order valence-corrected chi connectivity index (χ2v) is 8.36. The van der Waals surface area contributed by atoms with E-state index in [1.54, 1.807) is 17.4 Å². The Labute approximate surface area is 161 Å². The molecule has 0 saturated heterocycles. The van der Waals surface area contributed by atoms with Crippen LogP contribution in [0.2, 0.25) is 0 Å². The first-order valence-electron chi connectivity index (χ1n) is 8.64. The third-order valence-electron chi connectivity index (χ3n) is 4.47. The standard InChI is InChI=1S/C18H21N3O3S2/c1-3-12(2)19-15(22)11-21-14-7-10-26-16(14)17(23)20(18(21)24)8-6-13-5-4-9-25-13/h4-5,7,9-10,12,16H,3,6,8,11H2,1-2H3/p+1. The highest BCUT2D eigenvalue weighted by atomic mass is 32.2. The SMILES string of the molecule is CCC(C)NC(=O)C[N+]1=C2C=CSC2C(=O)N(CCc2cccs2)C1=O. The van der Waals surface area contributed by atoms with Crippen LogP contribution in [0.25, 0.3) is 0 Å². The largest absolute Gasteiger partial charge is 0.501 e. The number of allylic oxidation sites excluding steroid dienone is 1. The molecule has 0 aromatic carbocycles. The Bertz CT molecular complexity index is 771. The number of rotatable bonds is 7. The molecule has 0 spiro atoms. The molecule has 0 aliphatic carbocycles. The van der Waals surface area contributed by atoms with Crippen molar-refractivity contribution in [1.82, 2.24) is 10.2 Å². The molecule has 2 unspecified atom stereocenters. The van der Waals surface area contributed by atoms with Gasteiger partial charge in [-0.25, -0.2) is 4.79 Å². The smallest absolute Gasteiger partial charge is 0.350 e. The van der Waals surface area contributed by atoms with Gasteiger partial charge in [0, 0.05) is 17.3 Å². The molecule has 2 aliphatic rings. The molecule has 1 N–H and O–H groups in total. The van der Waals surface area contributed by atoms with Crippen LogP contribution in [0.3, 0.4) is 0 Å². The molecular formula is C18H22N3O3S2+. The average molecular weight is 393 g/mol. The highest BCUT2D eigenvalue weighted by Gasteiger charge is 2.49. The van der Waals surface area contributed by atoms with Gasteiger partial charge in [-0.3, -0.25) is 4.79 Å².